The van der Waals surface area contributed by atoms with Gasteiger partial charge in [0.05, 0.1) is 13.7 Å². The van der Waals surface area contributed by atoms with Crippen LogP contribution < -0.4 is 4.74 Å². The molecule has 0 aliphatic rings. The van der Waals surface area contributed by atoms with E-state index in [1.54, 1.807) is 18.2 Å². The molecule has 1 aromatic carbocycles. The van der Waals surface area contributed by atoms with Gasteiger partial charge in [-0.1, -0.05) is 25.5 Å². The van der Waals surface area contributed by atoms with Gasteiger partial charge in [-0.05, 0) is 24.1 Å². The summed E-state index contributed by atoms with van der Waals surface area (Å²) in [6.07, 6.45) is 2.10. The van der Waals surface area contributed by atoms with Gasteiger partial charge >= 0.3 is 5.97 Å². The van der Waals surface area contributed by atoms with Gasteiger partial charge in [0.25, 0.3) is 0 Å². The molecule has 0 radical (unpaired) electrons. The Bertz CT molecular complexity index is 412. The average molecular weight is 250 g/mol. The maximum absolute atomic E-state index is 11.4. The van der Waals surface area contributed by atoms with Crippen molar-refractivity contribution in [3.05, 3.63) is 29.8 Å². The molecule has 0 aliphatic heterocycles. The van der Waals surface area contributed by atoms with E-state index in [1.165, 1.54) is 7.11 Å². The second-order valence-electron chi connectivity index (χ2n) is 3.94. The molecule has 0 saturated heterocycles. The highest BCUT2D eigenvalue weighted by molar-refractivity contribution is 6.34. The number of esters is 1. The lowest BCUT2D eigenvalue weighted by molar-refractivity contribution is -0.151. The van der Waals surface area contributed by atoms with Gasteiger partial charge in [-0.25, -0.2) is 4.79 Å². The first-order chi connectivity index (χ1) is 8.67. The third-order valence-electron chi connectivity index (χ3n) is 2.44. The quantitative estimate of drug-likeness (QED) is 0.422. The summed E-state index contributed by atoms with van der Waals surface area (Å²) in [4.78, 5) is 22.4. The zero-order valence-corrected chi connectivity index (χ0v) is 10.8. The summed E-state index contributed by atoms with van der Waals surface area (Å²) < 4.78 is 9.90. The van der Waals surface area contributed by atoms with E-state index in [0.717, 1.165) is 24.2 Å². The number of hydrogen-bond acceptors (Lipinski definition) is 4. The van der Waals surface area contributed by atoms with Crippen molar-refractivity contribution in [2.45, 2.75) is 26.2 Å². The number of benzene rings is 1. The van der Waals surface area contributed by atoms with E-state index >= 15 is 0 Å². The third kappa shape index (κ3) is 4.57. The van der Waals surface area contributed by atoms with Crippen molar-refractivity contribution in [2.24, 2.45) is 0 Å². The molecule has 0 N–H and O–H groups in total. The highest BCUT2D eigenvalue weighted by Crippen LogP contribution is 2.14. The van der Waals surface area contributed by atoms with E-state index in [9.17, 15) is 9.59 Å². The summed E-state index contributed by atoms with van der Waals surface area (Å²) in [6.45, 7) is 2.75. The van der Waals surface area contributed by atoms with Gasteiger partial charge in [0.1, 0.15) is 5.75 Å². The first-order valence-electron chi connectivity index (χ1n) is 6.00. The van der Waals surface area contributed by atoms with Gasteiger partial charge < -0.3 is 9.47 Å². The topological polar surface area (TPSA) is 52.6 Å². The molecule has 0 bridgehead atoms. The lowest BCUT2D eigenvalue weighted by Gasteiger charge is -2.06. The monoisotopic (exact) mass is 250 g/mol. The smallest absolute Gasteiger partial charge is 0.374 e. The van der Waals surface area contributed by atoms with Crippen LogP contribution in [-0.2, 0) is 20.7 Å². The molecule has 98 valence electrons. The van der Waals surface area contributed by atoms with Crippen LogP contribution >= 0.6 is 0 Å². The molecule has 0 fully saturated rings. The van der Waals surface area contributed by atoms with Crippen LogP contribution in [0.5, 0.6) is 5.75 Å². The molecule has 0 spiro atoms. The minimum Gasteiger partial charge on any atom is -0.494 e. The lowest BCUT2D eigenvalue weighted by Crippen LogP contribution is -2.17. The number of methoxy groups -OCH3 is 1. The van der Waals surface area contributed by atoms with Gasteiger partial charge in [0.2, 0.25) is 5.78 Å². The zero-order valence-electron chi connectivity index (χ0n) is 10.8. The molecule has 0 amide bonds. The molecular formula is C14H18O4. The van der Waals surface area contributed by atoms with Crippen molar-refractivity contribution >= 4 is 11.8 Å². The van der Waals surface area contributed by atoms with E-state index in [-0.39, 0.29) is 6.42 Å². The zero-order chi connectivity index (χ0) is 13.4. The standard InChI is InChI=1S/C14H18O4/c1-3-4-8-18-12-7-5-6-11(9-12)10-13(15)14(16)17-2/h5-7,9H,3-4,8,10H2,1-2H3. The molecule has 1 aromatic rings. The van der Waals surface area contributed by atoms with Crippen molar-refractivity contribution in [3.63, 3.8) is 0 Å². The number of hydrogen-bond donors (Lipinski definition) is 0. The maximum atomic E-state index is 11.4. The Morgan fingerprint density at radius 1 is 1.28 bits per heavy atom. The van der Waals surface area contributed by atoms with Crippen LogP contribution in [0.25, 0.3) is 0 Å². The van der Waals surface area contributed by atoms with Gasteiger partial charge in [0.15, 0.2) is 0 Å². The first-order valence-corrected chi connectivity index (χ1v) is 6.00. The second kappa shape index (κ2) is 7.48. The van der Waals surface area contributed by atoms with Gasteiger partial charge in [-0.2, -0.15) is 0 Å². The number of ether oxygens (including phenoxy) is 2. The molecule has 0 heterocycles. The van der Waals surface area contributed by atoms with Crippen LogP contribution in [0.3, 0.4) is 0 Å². The SMILES string of the molecule is CCCCOc1cccc(CC(=O)C(=O)OC)c1. The maximum Gasteiger partial charge on any atom is 0.374 e. The lowest BCUT2D eigenvalue weighted by atomic mass is 10.1. The highest BCUT2D eigenvalue weighted by atomic mass is 16.5. The molecule has 0 unspecified atom stereocenters. The van der Waals surface area contributed by atoms with Crippen LogP contribution in [0.1, 0.15) is 25.3 Å². The van der Waals surface area contributed by atoms with Gasteiger partial charge in [0, 0.05) is 6.42 Å². The minimum absolute atomic E-state index is 0.0393. The number of rotatable bonds is 7. The molecule has 4 nitrogen and oxygen atoms in total. The van der Waals surface area contributed by atoms with E-state index in [2.05, 4.69) is 11.7 Å². The molecule has 4 heteroatoms. The van der Waals surface area contributed by atoms with E-state index in [0.29, 0.717) is 6.61 Å². The number of Topliss-reactive ketones (excluding diaryl/α,β-unsaturated/α-hetero) is 1. The largest absolute Gasteiger partial charge is 0.494 e. The van der Waals surface area contributed by atoms with Gasteiger partial charge in [-0.15, -0.1) is 0 Å². The number of unbranched alkanes of at least 4 members (excludes halogenated alkanes) is 1. The first kappa shape index (κ1) is 14.2. The minimum atomic E-state index is -0.813. The summed E-state index contributed by atoms with van der Waals surface area (Å²) >= 11 is 0. The van der Waals surface area contributed by atoms with Crippen LogP contribution in [0.2, 0.25) is 0 Å². The van der Waals surface area contributed by atoms with E-state index in [4.69, 9.17) is 4.74 Å². The summed E-state index contributed by atoms with van der Waals surface area (Å²) in [5.74, 6) is -0.644. The Morgan fingerprint density at radius 2 is 2.06 bits per heavy atom. The van der Waals surface area contributed by atoms with Crippen LogP contribution in [0, 0.1) is 0 Å². The summed E-state index contributed by atoms with van der Waals surface area (Å²) in [5.41, 5.74) is 0.749. The molecule has 0 aromatic heterocycles. The van der Waals surface area contributed by atoms with Gasteiger partial charge in [-0.3, -0.25) is 4.79 Å². The van der Waals surface area contributed by atoms with E-state index in [1.807, 2.05) is 6.07 Å². The summed E-state index contributed by atoms with van der Waals surface area (Å²) in [5, 5.41) is 0. The normalized spacial score (nSPS) is 9.89. The van der Waals surface area contributed by atoms with Crippen LogP contribution in [0.15, 0.2) is 24.3 Å². The Morgan fingerprint density at radius 3 is 2.72 bits per heavy atom. The Balaban J connectivity index is 2.59. The highest BCUT2D eigenvalue weighted by Gasteiger charge is 2.14. The Hall–Kier alpha value is -1.84. The van der Waals surface area contributed by atoms with Crippen molar-refractivity contribution in [1.29, 1.82) is 0 Å². The Kier molecular flexibility index (Phi) is 5.91. The van der Waals surface area contributed by atoms with Crippen molar-refractivity contribution < 1.29 is 19.1 Å². The number of carbonyl (C=O) groups excluding carboxylic acids is 2. The number of ketones is 1. The molecule has 0 aliphatic carbocycles. The fourth-order valence-electron chi connectivity index (χ4n) is 1.45. The molecule has 18 heavy (non-hydrogen) atoms. The fourth-order valence-corrected chi connectivity index (χ4v) is 1.45. The predicted molar refractivity (Wildman–Crippen MR) is 67.6 cm³/mol. The van der Waals surface area contributed by atoms with Crippen molar-refractivity contribution in [3.8, 4) is 5.75 Å². The second-order valence-corrected chi connectivity index (χ2v) is 3.94. The Labute approximate surface area is 107 Å². The third-order valence-corrected chi connectivity index (χ3v) is 2.44. The van der Waals surface area contributed by atoms with Crippen molar-refractivity contribution in [2.75, 3.05) is 13.7 Å². The predicted octanol–water partition coefficient (Wildman–Crippen LogP) is 2.15. The van der Waals surface area contributed by atoms with Crippen molar-refractivity contribution in [1.82, 2.24) is 0 Å². The molecule has 0 atom stereocenters. The summed E-state index contributed by atoms with van der Waals surface area (Å²) in [7, 11) is 1.20. The summed E-state index contributed by atoms with van der Waals surface area (Å²) in [6, 6.07) is 7.20. The molecule has 0 saturated carbocycles. The average Bonchev–Trinajstić information content (AvgIpc) is 2.38. The fraction of sp³-hybridized carbons (Fsp3) is 0.429. The van der Waals surface area contributed by atoms with Crippen LogP contribution in [0.4, 0.5) is 0 Å². The van der Waals surface area contributed by atoms with Crippen LogP contribution in [-0.4, -0.2) is 25.5 Å². The van der Waals surface area contributed by atoms with E-state index < -0.39 is 11.8 Å². The number of carbonyl (C=O) groups is 2. The molecule has 1 rings (SSSR count). The molecular weight excluding hydrogens is 232 g/mol.